The third-order valence-corrected chi connectivity index (χ3v) is 3.46. The number of nitrogens with two attached hydrogens (primary N) is 1. The molecule has 1 aliphatic heterocycles. The Bertz CT molecular complexity index is 481. The van der Waals surface area contributed by atoms with E-state index < -0.39 is 0 Å². The van der Waals surface area contributed by atoms with Gasteiger partial charge in [0.05, 0.1) is 12.2 Å². The van der Waals surface area contributed by atoms with Crippen LogP contribution in [-0.4, -0.2) is 50.3 Å². The number of ether oxygens (including phenoxy) is 2. The minimum atomic E-state index is -0.0899. The number of likely N-dealkylation sites (tertiary alicyclic amines) is 1. The van der Waals surface area contributed by atoms with Gasteiger partial charge >= 0.3 is 0 Å². The summed E-state index contributed by atoms with van der Waals surface area (Å²) >= 11 is 5.98. The molecule has 1 saturated heterocycles. The van der Waals surface area contributed by atoms with Crippen molar-refractivity contribution >= 4 is 17.5 Å². The van der Waals surface area contributed by atoms with E-state index in [9.17, 15) is 4.79 Å². The van der Waals surface area contributed by atoms with Gasteiger partial charge in [-0.1, -0.05) is 11.6 Å². The second kappa shape index (κ2) is 6.92. The molecule has 1 aromatic carbocycles. The van der Waals surface area contributed by atoms with E-state index in [-0.39, 0.29) is 11.9 Å². The molecule has 0 saturated carbocycles. The molecule has 1 heterocycles. The summed E-state index contributed by atoms with van der Waals surface area (Å²) in [7, 11) is 1.60. The fraction of sp³-hybridized carbons (Fsp3) is 0.500. The lowest BCUT2D eigenvalue weighted by Gasteiger charge is -2.18. The smallest absolute Gasteiger partial charge is 0.257 e. The van der Waals surface area contributed by atoms with Gasteiger partial charge in [0.1, 0.15) is 12.4 Å². The van der Waals surface area contributed by atoms with Gasteiger partial charge in [0.2, 0.25) is 0 Å². The van der Waals surface area contributed by atoms with Gasteiger partial charge in [0, 0.05) is 31.3 Å². The second-order valence-corrected chi connectivity index (χ2v) is 5.22. The number of halogens is 1. The van der Waals surface area contributed by atoms with Crippen molar-refractivity contribution in [2.75, 3.05) is 33.4 Å². The van der Waals surface area contributed by atoms with Crippen molar-refractivity contribution in [3.8, 4) is 5.75 Å². The molecule has 0 aliphatic carbocycles. The van der Waals surface area contributed by atoms with Crippen molar-refractivity contribution in [1.82, 2.24) is 4.90 Å². The number of hydrogen-bond donors (Lipinski definition) is 1. The summed E-state index contributed by atoms with van der Waals surface area (Å²) in [5.41, 5.74) is 6.31. The molecule has 1 aromatic rings. The Morgan fingerprint density at radius 3 is 2.95 bits per heavy atom. The number of amides is 1. The lowest BCUT2D eigenvalue weighted by Crippen LogP contribution is -2.32. The fourth-order valence-corrected chi connectivity index (χ4v) is 2.34. The predicted octanol–water partition coefficient (Wildman–Crippen LogP) is 1.54. The van der Waals surface area contributed by atoms with E-state index in [0.29, 0.717) is 42.6 Å². The standard InChI is InChI=1S/C14H19ClN2O3/c1-19-6-7-20-13-3-2-10(15)8-12(13)14(18)17-5-4-11(16)9-17/h2-3,8,11H,4-7,9,16H2,1H3. The molecular formula is C14H19ClN2O3. The highest BCUT2D eigenvalue weighted by Gasteiger charge is 2.26. The van der Waals surface area contributed by atoms with Gasteiger partial charge < -0.3 is 20.1 Å². The van der Waals surface area contributed by atoms with Gasteiger partial charge in [-0.25, -0.2) is 0 Å². The molecule has 2 N–H and O–H groups in total. The van der Waals surface area contributed by atoms with Crippen LogP contribution in [0.25, 0.3) is 0 Å². The predicted molar refractivity (Wildman–Crippen MR) is 77.3 cm³/mol. The molecule has 1 atom stereocenters. The number of carbonyl (C=O) groups excluding carboxylic acids is 1. The molecule has 1 unspecified atom stereocenters. The Morgan fingerprint density at radius 2 is 2.30 bits per heavy atom. The SMILES string of the molecule is COCCOc1ccc(Cl)cc1C(=O)N1CCC(N)C1. The number of nitrogens with zero attached hydrogens (tertiary/aromatic N) is 1. The maximum Gasteiger partial charge on any atom is 0.257 e. The first-order chi connectivity index (χ1) is 9.61. The van der Waals surface area contributed by atoms with Crippen molar-refractivity contribution in [3.63, 3.8) is 0 Å². The average Bonchev–Trinajstić information content (AvgIpc) is 2.86. The molecule has 1 amide bonds. The van der Waals surface area contributed by atoms with Crippen LogP contribution < -0.4 is 10.5 Å². The first kappa shape index (κ1) is 15.1. The summed E-state index contributed by atoms with van der Waals surface area (Å²) in [5, 5.41) is 0.510. The van der Waals surface area contributed by atoms with Gasteiger partial charge in [-0.15, -0.1) is 0 Å². The molecule has 0 spiro atoms. The maximum absolute atomic E-state index is 12.5. The molecule has 0 radical (unpaired) electrons. The number of carbonyl (C=O) groups is 1. The monoisotopic (exact) mass is 298 g/mol. The van der Waals surface area contributed by atoms with Crippen molar-refractivity contribution in [2.45, 2.75) is 12.5 Å². The van der Waals surface area contributed by atoms with Crippen LogP contribution in [0.15, 0.2) is 18.2 Å². The van der Waals surface area contributed by atoms with Crippen LogP contribution in [0, 0.1) is 0 Å². The third kappa shape index (κ3) is 3.62. The lowest BCUT2D eigenvalue weighted by molar-refractivity contribution is 0.0783. The topological polar surface area (TPSA) is 64.8 Å². The van der Waals surface area contributed by atoms with Crippen LogP contribution in [-0.2, 0) is 4.74 Å². The molecule has 110 valence electrons. The van der Waals surface area contributed by atoms with Crippen molar-refractivity contribution < 1.29 is 14.3 Å². The van der Waals surface area contributed by atoms with E-state index in [2.05, 4.69) is 0 Å². The summed E-state index contributed by atoms with van der Waals surface area (Å²) in [5.74, 6) is 0.435. The van der Waals surface area contributed by atoms with Crippen LogP contribution in [0.1, 0.15) is 16.8 Å². The maximum atomic E-state index is 12.5. The molecule has 20 heavy (non-hydrogen) atoms. The summed E-state index contributed by atoms with van der Waals surface area (Å²) in [4.78, 5) is 14.2. The first-order valence-electron chi connectivity index (χ1n) is 6.58. The highest BCUT2D eigenvalue weighted by molar-refractivity contribution is 6.31. The van der Waals surface area contributed by atoms with E-state index in [4.69, 9.17) is 26.8 Å². The average molecular weight is 299 g/mol. The van der Waals surface area contributed by atoms with Gasteiger partial charge in [0.15, 0.2) is 0 Å². The molecule has 1 fully saturated rings. The summed E-state index contributed by atoms with van der Waals surface area (Å²) in [6.45, 7) is 2.09. The number of rotatable bonds is 5. The summed E-state index contributed by atoms with van der Waals surface area (Å²) in [6.07, 6.45) is 0.826. The Morgan fingerprint density at radius 1 is 1.50 bits per heavy atom. The minimum Gasteiger partial charge on any atom is -0.490 e. The highest BCUT2D eigenvalue weighted by Crippen LogP contribution is 2.25. The quantitative estimate of drug-likeness (QED) is 0.838. The van der Waals surface area contributed by atoms with Gasteiger partial charge in [0.25, 0.3) is 5.91 Å². The Hall–Kier alpha value is -1.30. The second-order valence-electron chi connectivity index (χ2n) is 4.78. The number of hydrogen-bond acceptors (Lipinski definition) is 4. The van der Waals surface area contributed by atoms with Gasteiger partial charge in [-0.3, -0.25) is 4.79 Å². The fourth-order valence-electron chi connectivity index (χ4n) is 2.17. The molecular weight excluding hydrogens is 280 g/mol. The molecule has 5 nitrogen and oxygen atoms in total. The summed E-state index contributed by atoms with van der Waals surface area (Å²) < 4.78 is 10.5. The van der Waals surface area contributed by atoms with Gasteiger partial charge in [-0.05, 0) is 24.6 Å². The zero-order chi connectivity index (χ0) is 14.5. The van der Waals surface area contributed by atoms with Crippen molar-refractivity contribution in [1.29, 1.82) is 0 Å². The Labute approximate surface area is 123 Å². The molecule has 0 aromatic heterocycles. The summed E-state index contributed by atoms with van der Waals surface area (Å²) in [6, 6.07) is 5.10. The van der Waals surface area contributed by atoms with E-state index in [1.54, 1.807) is 30.2 Å². The van der Waals surface area contributed by atoms with E-state index in [0.717, 1.165) is 6.42 Å². The molecule has 6 heteroatoms. The Balaban J connectivity index is 2.15. The zero-order valence-electron chi connectivity index (χ0n) is 11.5. The number of methoxy groups -OCH3 is 1. The van der Waals surface area contributed by atoms with Crippen LogP contribution in [0.4, 0.5) is 0 Å². The zero-order valence-corrected chi connectivity index (χ0v) is 12.2. The van der Waals surface area contributed by atoms with Crippen LogP contribution in [0.5, 0.6) is 5.75 Å². The minimum absolute atomic E-state index is 0.0518. The largest absolute Gasteiger partial charge is 0.490 e. The van der Waals surface area contributed by atoms with E-state index in [1.165, 1.54) is 0 Å². The lowest BCUT2D eigenvalue weighted by atomic mass is 10.1. The van der Waals surface area contributed by atoms with Crippen molar-refractivity contribution in [2.24, 2.45) is 5.73 Å². The van der Waals surface area contributed by atoms with Crippen LogP contribution >= 0.6 is 11.6 Å². The van der Waals surface area contributed by atoms with Crippen molar-refractivity contribution in [3.05, 3.63) is 28.8 Å². The van der Waals surface area contributed by atoms with Crippen LogP contribution in [0.3, 0.4) is 0 Å². The first-order valence-corrected chi connectivity index (χ1v) is 6.95. The highest BCUT2D eigenvalue weighted by atomic mass is 35.5. The van der Waals surface area contributed by atoms with E-state index >= 15 is 0 Å². The molecule has 1 aliphatic rings. The molecule has 2 rings (SSSR count). The van der Waals surface area contributed by atoms with E-state index in [1.807, 2.05) is 0 Å². The normalized spacial score (nSPS) is 18.4. The van der Waals surface area contributed by atoms with Crippen LogP contribution in [0.2, 0.25) is 5.02 Å². The molecule has 0 bridgehead atoms. The Kier molecular flexibility index (Phi) is 5.23. The number of benzene rings is 1. The third-order valence-electron chi connectivity index (χ3n) is 3.23. The van der Waals surface area contributed by atoms with Gasteiger partial charge in [-0.2, -0.15) is 0 Å².